The van der Waals surface area contributed by atoms with Crippen LogP contribution in [0.15, 0.2) is 18.3 Å². The average molecular weight is 247 g/mol. The van der Waals surface area contributed by atoms with Gasteiger partial charge in [0.2, 0.25) is 5.91 Å². The van der Waals surface area contributed by atoms with Gasteiger partial charge in [0.15, 0.2) is 0 Å². The first-order valence-electron chi connectivity index (χ1n) is 6.53. The molecule has 0 atom stereocenters. The van der Waals surface area contributed by atoms with Crippen molar-refractivity contribution in [3.63, 3.8) is 0 Å². The second-order valence-corrected chi connectivity index (χ2v) is 5.06. The lowest BCUT2D eigenvalue weighted by atomic mass is 10.2. The summed E-state index contributed by atoms with van der Waals surface area (Å²) in [5.74, 6) is 0.180. The summed E-state index contributed by atoms with van der Waals surface area (Å²) in [5, 5.41) is 0. The maximum Gasteiger partial charge on any atom is 0.236 e. The minimum absolute atomic E-state index is 0.180. The van der Waals surface area contributed by atoms with Gasteiger partial charge < -0.3 is 4.90 Å². The fraction of sp³-hybridized carbons (Fsp3) is 0.571. The quantitative estimate of drug-likeness (QED) is 0.808. The largest absolute Gasteiger partial charge is 0.339 e. The molecule has 1 aliphatic rings. The lowest BCUT2D eigenvalue weighted by molar-refractivity contribution is -0.131. The lowest BCUT2D eigenvalue weighted by Gasteiger charge is -2.21. The average Bonchev–Trinajstić information content (AvgIpc) is 2.85. The smallest absolute Gasteiger partial charge is 0.236 e. The van der Waals surface area contributed by atoms with Crippen LogP contribution in [0.2, 0.25) is 0 Å². The van der Waals surface area contributed by atoms with Crippen LogP contribution in [0.5, 0.6) is 0 Å². The van der Waals surface area contributed by atoms with Crippen molar-refractivity contribution in [1.82, 2.24) is 14.8 Å². The van der Waals surface area contributed by atoms with Crippen LogP contribution in [-0.2, 0) is 11.3 Å². The Balaban J connectivity index is 1.84. The molecule has 1 amide bonds. The van der Waals surface area contributed by atoms with Crippen molar-refractivity contribution in [2.24, 2.45) is 0 Å². The number of likely N-dealkylation sites (N-methyl/N-ethyl adjacent to an activating group) is 1. The molecule has 0 saturated carbocycles. The van der Waals surface area contributed by atoms with Gasteiger partial charge in [-0.25, -0.2) is 0 Å². The molecule has 1 fully saturated rings. The fourth-order valence-electron chi connectivity index (χ4n) is 2.18. The Morgan fingerprint density at radius 1 is 1.39 bits per heavy atom. The molecule has 0 radical (unpaired) electrons. The molecule has 0 bridgehead atoms. The molecular weight excluding hydrogens is 226 g/mol. The molecular formula is C14H21N3O. The summed E-state index contributed by atoms with van der Waals surface area (Å²) < 4.78 is 0. The zero-order chi connectivity index (χ0) is 13.0. The number of likely N-dealkylation sites (tertiary alicyclic amines) is 1. The molecule has 0 unspecified atom stereocenters. The van der Waals surface area contributed by atoms with Gasteiger partial charge in [0.25, 0.3) is 0 Å². The van der Waals surface area contributed by atoms with Gasteiger partial charge in [-0.1, -0.05) is 6.07 Å². The minimum Gasteiger partial charge on any atom is -0.339 e. The lowest BCUT2D eigenvalue weighted by Crippen LogP contribution is -2.36. The highest BCUT2D eigenvalue weighted by molar-refractivity contribution is 5.77. The predicted octanol–water partition coefficient (Wildman–Crippen LogP) is 1.44. The number of amides is 1. The number of pyridine rings is 1. The van der Waals surface area contributed by atoms with Crippen molar-refractivity contribution in [3.05, 3.63) is 29.6 Å². The van der Waals surface area contributed by atoms with Crippen LogP contribution in [0.4, 0.5) is 0 Å². The Morgan fingerprint density at radius 2 is 2.11 bits per heavy atom. The van der Waals surface area contributed by atoms with Gasteiger partial charge in [0, 0.05) is 13.2 Å². The molecule has 0 N–H and O–H groups in total. The third-order valence-corrected chi connectivity index (χ3v) is 3.36. The molecule has 4 nitrogen and oxygen atoms in total. The van der Waals surface area contributed by atoms with E-state index in [2.05, 4.69) is 9.88 Å². The highest BCUT2D eigenvalue weighted by Gasteiger charge is 2.17. The molecule has 1 aliphatic heterocycles. The first-order valence-corrected chi connectivity index (χ1v) is 6.53. The molecule has 1 aromatic rings. The van der Waals surface area contributed by atoms with Gasteiger partial charge in [-0.2, -0.15) is 0 Å². The van der Waals surface area contributed by atoms with Crippen molar-refractivity contribution < 1.29 is 4.79 Å². The fourth-order valence-corrected chi connectivity index (χ4v) is 2.18. The molecule has 1 saturated heterocycles. The van der Waals surface area contributed by atoms with E-state index in [4.69, 9.17) is 0 Å². The summed E-state index contributed by atoms with van der Waals surface area (Å²) >= 11 is 0. The summed E-state index contributed by atoms with van der Waals surface area (Å²) in [6.07, 6.45) is 4.28. The molecule has 0 spiro atoms. The van der Waals surface area contributed by atoms with E-state index in [0.717, 1.165) is 24.3 Å². The maximum atomic E-state index is 12.0. The van der Waals surface area contributed by atoms with Crippen LogP contribution >= 0.6 is 0 Å². The van der Waals surface area contributed by atoms with Crippen LogP contribution in [0, 0.1) is 6.92 Å². The van der Waals surface area contributed by atoms with E-state index in [-0.39, 0.29) is 5.91 Å². The van der Waals surface area contributed by atoms with E-state index in [1.54, 1.807) is 4.90 Å². The predicted molar refractivity (Wildman–Crippen MR) is 71.1 cm³/mol. The molecule has 4 heteroatoms. The Bertz CT molecular complexity index is 396. The van der Waals surface area contributed by atoms with Crippen molar-refractivity contribution in [2.75, 3.05) is 26.7 Å². The second-order valence-electron chi connectivity index (χ2n) is 5.06. The van der Waals surface area contributed by atoms with Crippen LogP contribution in [-0.4, -0.2) is 47.4 Å². The SMILES string of the molecule is Cc1ccc(CN(C)C(=O)CN2CCCC2)nc1. The maximum absolute atomic E-state index is 12.0. The van der Waals surface area contributed by atoms with Crippen LogP contribution in [0.25, 0.3) is 0 Å². The monoisotopic (exact) mass is 247 g/mol. The van der Waals surface area contributed by atoms with E-state index < -0.39 is 0 Å². The molecule has 1 aromatic heterocycles. The molecule has 2 heterocycles. The summed E-state index contributed by atoms with van der Waals surface area (Å²) in [7, 11) is 1.85. The van der Waals surface area contributed by atoms with Crippen molar-refractivity contribution >= 4 is 5.91 Å². The van der Waals surface area contributed by atoms with Gasteiger partial charge in [-0.05, 0) is 44.5 Å². The topological polar surface area (TPSA) is 36.4 Å². The molecule has 2 rings (SSSR count). The second kappa shape index (κ2) is 5.96. The van der Waals surface area contributed by atoms with Gasteiger partial charge in [0.05, 0.1) is 18.8 Å². The number of carbonyl (C=O) groups is 1. The van der Waals surface area contributed by atoms with E-state index in [1.807, 2.05) is 32.3 Å². The number of hydrogen-bond donors (Lipinski definition) is 0. The normalized spacial score (nSPS) is 15.9. The van der Waals surface area contributed by atoms with Crippen molar-refractivity contribution in [2.45, 2.75) is 26.3 Å². The number of carbonyl (C=O) groups excluding carboxylic acids is 1. The summed E-state index contributed by atoms with van der Waals surface area (Å²) in [4.78, 5) is 20.3. The number of rotatable bonds is 4. The highest BCUT2D eigenvalue weighted by Crippen LogP contribution is 2.08. The zero-order valence-corrected chi connectivity index (χ0v) is 11.2. The number of aryl methyl sites for hydroxylation is 1. The Hall–Kier alpha value is -1.42. The third kappa shape index (κ3) is 3.53. The number of hydrogen-bond acceptors (Lipinski definition) is 3. The number of nitrogens with zero attached hydrogens (tertiary/aromatic N) is 3. The van der Waals surface area contributed by atoms with Gasteiger partial charge in [0.1, 0.15) is 0 Å². The zero-order valence-electron chi connectivity index (χ0n) is 11.2. The highest BCUT2D eigenvalue weighted by atomic mass is 16.2. The van der Waals surface area contributed by atoms with E-state index >= 15 is 0 Å². The van der Waals surface area contributed by atoms with Crippen molar-refractivity contribution in [3.8, 4) is 0 Å². The van der Waals surface area contributed by atoms with Crippen LogP contribution < -0.4 is 0 Å². The van der Waals surface area contributed by atoms with Crippen LogP contribution in [0.3, 0.4) is 0 Å². The first-order chi connectivity index (χ1) is 8.65. The molecule has 0 aromatic carbocycles. The van der Waals surface area contributed by atoms with Gasteiger partial charge in [-0.15, -0.1) is 0 Å². The Morgan fingerprint density at radius 3 is 2.72 bits per heavy atom. The first kappa shape index (κ1) is 13.0. The number of aromatic nitrogens is 1. The van der Waals surface area contributed by atoms with Crippen LogP contribution in [0.1, 0.15) is 24.1 Å². The Labute approximate surface area is 109 Å². The summed E-state index contributed by atoms with van der Waals surface area (Å²) in [6, 6.07) is 4.01. The van der Waals surface area contributed by atoms with Gasteiger partial charge >= 0.3 is 0 Å². The van der Waals surface area contributed by atoms with E-state index in [9.17, 15) is 4.79 Å². The van der Waals surface area contributed by atoms with Gasteiger partial charge in [-0.3, -0.25) is 14.7 Å². The van der Waals surface area contributed by atoms with E-state index in [1.165, 1.54) is 12.8 Å². The minimum atomic E-state index is 0.180. The molecule has 98 valence electrons. The van der Waals surface area contributed by atoms with Crippen molar-refractivity contribution in [1.29, 1.82) is 0 Å². The standard InChI is InChI=1S/C14H21N3O/c1-12-5-6-13(15-9-12)10-16(2)14(18)11-17-7-3-4-8-17/h5-6,9H,3-4,7-8,10-11H2,1-2H3. The van der Waals surface area contributed by atoms with E-state index in [0.29, 0.717) is 13.1 Å². The third-order valence-electron chi connectivity index (χ3n) is 3.36. The summed E-state index contributed by atoms with van der Waals surface area (Å²) in [5.41, 5.74) is 2.09. The Kier molecular flexibility index (Phi) is 4.31. The summed E-state index contributed by atoms with van der Waals surface area (Å²) in [6.45, 7) is 5.26. The molecule has 0 aliphatic carbocycles. The molecule has 18 heavy (non-hydrogen) atoms.